The first kappa shape index (κ1) is 13.9. The molecule has 19 heavy (non-hydrogen) atoms. The third kappa shape index (κ3) is 3.07. The fraction of sp³-hybridized carbons (Fsp3) is 0.533. The van der Waals surface area contributed by atoms with Gasteiger partial charge in [-0.05, 0) is 57.6 Å². The average Bonchev–Trinajstić information content (AvgIpc) is 2.38. The van der Waals surface area contributed by atoms with E-state index in [2.05, 4.69) is 19.0 Å². The lowest BCUT2D eigenvalue weighted by Crippen LogP contribution is -2.47. The first-order valence-electron chi connectivity index (χ1n) is 6.74. The number of likely N-dealkylation sites (N-methyl/N-ethyl adjacent to an activating group) is 1. The zero-order valence-electron chi connectivity index (χ0n) is 11.9. The number of amides is 1. The first-order chi connectivity index (χ1) is 8.99. The van der Waals surface area contributed by atoms with Gasteiger partial charge < -0.3 is 14.9 Å². The van der Waals surface area contributed by atoms with Crippen LogP contribution in [0.2, 0.25) is 0 Å². The van der Waals surface area contributed by atoms with E-state index in [1.807, 2.05) is 11.8 Å². The predicted molar refractivity (Wildman–Crippen MR) is 75.5 cm³/mol. The van der Waals surface area contributed by atoms with E-state index >= 15 is 0 Å². The molecule has 1 fully saturated rings. The average molecular weight is 262 g/mol. The molecule has 1 heterocycles. The predicted octanol–water partition coefficient (Wildman–Crippen LogP) is 1.87. The maximum absolute atomic E-state index is 12.5. The zero-order valence-corrected chi connectivity index (χ0v) is 11.9. The molecule has 0 saturated carbocycles. The summed E-state index contributed by atoms with van der Waals surface area (Å²) in [5.74, 6) is 0.280. The summed E-state index contributed by atoms with van der Waals surface area (Å²) in [5, 5.41) is 9.41. The third-order valence-electron chi connectivity index (χ3n) is 3.85. The quantitative estimate of drug-likeness (QED) is 0.885. The highest BCUT2D eigenvalue weighted by Gasteiger charge is 2.26. The molecule has 104 valence electrons. The summed E-state index contributed by atoms with van der Waals surface area (Å²) in [6.45, 7) is 3.47. The van der Waals surface area contributed by atoms with E-state index in [1.54, 1.807) is 18.2 Å². The molecule has 0 radical (unpaired) electrons. The minimum atomic E-state index is 0.0732. The van der Waals surface area contributed by atoms with Crippen molar-refractivity contribution in [2.75, 3.05) is 27.2 Å². The van der Waals surface area contributed by atoms with Gasteiger partial charge in [-0.1, -0.05) is 0 Å². The van der Waals surface area contributed by atoms with Crippen molar-refractivity contribution in [3.63, 3.8) is 0 Å². The van der Waals surface area contributed by atoms with Crippen molar-refractivity contribution in [3.8, 4) is 5.75 Å². The number of carbonyl (C=O) groups is 1. The van der Waals surface area contributed by atoms with Crippen LogP contribution in [0, 0.1) is 6.92 Å². The van der Waals surface area contributed by atoms with Gasteiger partial charge in [0.1, 0.15) is 5.75 Å². The molecule has 1 N–H and O–H groups in total. The number of hydrogen-bond donors (Lipinski definition) is 1. The number of phenols is 1. The Hall–Kier alpha value is -1.55. The number of nitrogens with zero attached hydrogens (tertiary/aromatic N) is 2. The Morgan fingerprint density at radius 1 is 1.42 bits per heavy atom. The zero-order chi connectivity index (χ0) is 14.0. The summed E-state index contributed by atoms with van der Waals surface area (Å²) in [7, 11) is 4.12. The molecule has 0 aromatic heterocycles. The van der Waals surface area contributed by atoms with Gasteiger partial charge in [-0.15, -0.1) is 0 Å². The molecule has 2 rings (SSSR count). The maximum Gasteiger partial charge on any atom is 0.254 e. The fourth-order valence-corrected chi connectivity index (χ4v) is 2.62. The Morgan fingerprint density at radius 3 is 2.79 bits per heavy atom. The van der Waals surface area contributed by atoms with E-state index < -0.39 is 0 Å². The highest BCUT2D eigenvalue weighted by Crippen LogP contribution is 2.20. The Morgan fingerprint density at radius 2 is 2.16 bits per heavy atom. The van der Waals surface area contributed by atoms with Gasteiger partial charge in [0.15, 0.2) is 0 Å². The highest BCUT2D eigenvalue weighted by atomic mass is 16.3. The van der Waals surface area contributed by atoms with Gasteiger partial charge in [0.05, 0.1) is 0 Å². The number of piperidine rings is 1. The van der Waals surface area contributed by atoms with Gasteiger partial charge in [-0.3, -0.25) is 4.79 Å². The van der Waals surface area contributed by atoms with Gasteiger partial charge in [-0.2, -0.15) is 0 Å². The molecule has 1 amide bonds. The van der Waals surface area contributed by atoms with Crippen LogP contribution in [0.5, 0.6) is 5.75 Å². The molecule has 0 bridgehead atoms. The van der Waals surface area contributed by atoms with Gasteiger partial charge in [0.25, 0.3) is 5.91 Å². The molecular weight excluding hydrogens is 240 g/mol. The minimum absolute atomic E-state index is 0.0732. The van der Waals surface area contributed by atoms with Crippen molar-refractivity contribution in [2.24, 2.45) is 0 Å². The van der Waals surface area contributed by atoms with Gasteiger partial charge in [0, 0.05) is 24.7 Å². The van der Waals surface area contributed by atoms with Gasteiger partial charge in [0.2, 0.25) is 0 Å². The second kappa shape index (κ2) is 5.61. The molecule has 1 aliphatic heterocycles. The third-order valence-corrected chi connectivity index (χ3v) is 3.85. The van der Waals surface area contributed by atoms with E-state index in [9.17, 15) is 9.90 Å². The summed E-state index contributed by atoms with van der Waals surface area (Å²) in [4.78, 5) is 16.6. The number of rotatable bonds is 2. The molecule has 1 aromatic carbocycles. The number of benzene rings is 1. The molecule has 1 aromatic rings. The van der Waals surface area contributed by atoms with Crippen LogP contribution in [0.4, 0.5) is 0 Å². The van der Waals surface area contributed by atoms with E-state index in [1.165, 1.54) is 0 Å². The number of carbonyl (C=O) groups excluding carboxylic acids is 1. The maximum atomic E-state index is 12.5. The highest BCUT2D eigenvalue weighted by molar-refractivity contribution is 5.95. The minimum Gasteiger partial charge on any atom is -0.508 e. The largest absolute Gasteiger partial charge is 0.508 e. The van der Waals surface area contributed by atoms with E-state index in [0.29, 0.717) is 11.6 Å². The van der Waals surface area contributed by atoms with E-state index in [4.69, 9.17) is 0 Å². The van der Waals surface area contributed by atoms with Crippen LogP contribution >= 0.6 is 0 Å². The van der Waals surface area contributed by atoms with Gasteiger partial charge >= 0.3 is 0 Å². The monoisotopic (exact) mass is 262 g/mol. The standard InChI is InChI=1S/C15H22N2O2/c1-11-9-13(18)6-7-14(11)15(19)17-8-4-5-12(10-17)16(2)3/h6-7,9,12,18H,4-5,8,10H2,1-3H3. The number of aryl methyl sites for hydroxylation is 1. The van der Waals surface area contributed by atoms with Crippen molar-refractivity contribution in [1.82, 2.24) is 9.80 Å². The van der Waals surface area contributed by atoms with Crippen LogP contribution in [0.3, 0.4) is 0 Å². The lowest BCUT2D eigenvalue weighted by Gasteiger charge is -2.36. The SMILES string of the molecule is Cc1cc(O)ccc1C(=O)N1CCCC(N(C)C)C1. The van der Waals surface area contributed by atoms with Crippen molar-refractivity contribution in [3.05, 3.63) is 29.3 Å². The topological polar surface area (TPSA) is 43.8 Å². The molecule has 4 nitrogen and oxygen atoms in total. The molecule has 1 saturated heterocycles. The molecule has 0 spiro atoms. The number of likely N-dealkylation sites (tertiary alicyclic amines) is 1. The van der Waals surface area contributed by atoms with Crippen LogP contribution < -0.4 is 0 Å². The lowest BCUT2D eigenvalue weighted by atomic mass is 10.0. The van der Waals surface area contributed by atoms with Crippen LogP contribution in [0.15, 0.2) is 18.2 Å². The molecule has 1 atom stereocenters. The molecular formula is C15H22N2O2. The van der Waals surface area contributed by atoms with Crippen molar-refractivity contribution in [2.45, 2.75) is 25.8 Å². The van der Waals surface area contributed by atoms with Crippen molar-refractivity contribution >= 4 is 5.91 Å². The van der Waals surface area contributed by atoms with E-state index in [0.717, 1.165) is 31.5 Å². The summed E-state index contributed by atoms with van der Waals surface area (Å²) in [6, 6.07) is 5.37. The van der Waals surface area contributed by atoms with Gasteiger partial charge in [-0.25, -0.2) is 0 Å². The Balaban J connectivity index is 2.15. The second-order valence-corrected chi connectivity index (χ2v) is 5.51. The van der Waals surface area contributed by atoms with Crippen LogP contribution in [-0.2, 0) is 0 Å². The molecule has 4 heteroatoms. The summed E-state index contributed by atoms with van der Waals surface area (Å²) >= 11 is 0. The second-order valence-electron chi connectivity index (χ2n) is 5.51. The first-order valence-corrected chi connectivity index (χ1v) is 6.74. The molecule has 1 aliphatic rings. The van der Waals surface area contributed by atoms with Crippen LogP contribution in [0.1, 0.15) is 28.8 Å². The van der Waals surface area contributed by atoms with Crippen molar-refractivity contribution < 1.29 is 9.90 Å². The molecule has 1 unspecified atom stereocenters. The Kier molecular flexibility index (Phi) is 4.10. The Labute approximate surface area is 114 Å². The van der Waals surface area contributed by atoms with Crippen LogP contribution in [-0.4, -0.2) is 54.0 Å². The summed E-state index contributed by atoms with van der Waals surface area (Å²) < 4.78 is 0. The lowest BCUT2D eigenvalue weighted by molar-refractivity contribution is 0.0634. The Bertz CT molecular complexity index is 471. The smallest absolute Gasteiger partial charge is 0.254 e. The van der Waals surface area contributed by atoms with Crippen LogP contribution in [0.25, 0.3) is 0 Å². The summed E-state index contributed by atoms with van der Waals surface area (Å²) in [5.41, 5.74) is 1.52. The van der Waals surface area contributed by atoms with E-state index in [-0.39, 0.29) is 11.7 Å². The molecule has 0 aliphatic carbocycles. The number of aromatic hydroxyl groups is 1. The normalized spacial score (nSPS) is 19.8. The fourth-order valence-electron chi connectivity index (χ4n) is 2.62. The number of phenolic OH excluding ortho intramolecular Hbond substituents is 1. The number of hydrogen-bond acceptors (Lipinski definition) is 3. The summed E-state index contributed by atoms with van der Waals surface area (Å²) in [6.07, 6.45) is 2.19. The van der Waals surface area contributed by atoms with Crippen molar-refractivity contribution in [1.29, 1.82) is 0 Å².